The van der Waals surface area contributed by atoms with Crippen molar-refractivity contribution in [2.45, 2.75) is 31.7 Å². The Morgan fingerprint density at radius 2 is 1.90 bits per heavy atom. The van der Waals surface area contributed by atoms with Crippen LogP contribution in [0.25, 0.3) is 10.9 Å². The number of carbonyl (C=O) groups excluding carboxylic acids is 2. The second kappa shape index (κ2) is 10.1. The van der Waals surface area contributed by atoms with Crippen molar-refractivity contribution in [3.05, 3.63) is 72.4 Å². The van der Waals surface area contributed by atoms with Crippen molar-refractivity contribution in [2.24, 2.45) is 0 Å². The SMILES string of the molecule is O=C(NCCCOc1cccc2cccnc12)C(c1ccccc1)N1CCCCC1=O. The van der Waals surface area contributed by atoms with E-state index in [2.05, 4.69) is 10.3 Å². The van der Waals surface area contributed by atoms with Gasteiger partial charge in [0.05, 0.1) is 6.61 Å². The Kier molecular flexibility index (Phi) is 6.77. The number of aromatic nitrogens is 1. The molecule has 4 rings (SSSR count). The lowest BCUT2D eigenvalue weighted by Crippen LogP contribution is -2.46. The van der Waals surface area contributed by atoms with Crippen molar-refractivity contribution in [2.75, 3.05) is 19.7 Å². The van der Waals surface area contributed by atoms with Crippen molar-refractivity contribution in [1.82, 2.24) is 15.2 Å². The molecule has 2 aromatic carbocycles. The minimum absolute atomic E-state index is 0.0436. The van der Waals surface area contributed by atoms with Gasteiger partial charge in [-0.2, -0.15) is 0 Å². The van der Waals surface area contributed by atoms with Crippen molar-refractivity contribution < 1.29 is 14.3 Å². The summed E-state index contributed by atoms with van der Waals surface area (Å²) in [5.74, 6) is 0.640. The molecule has 1 unspecified atom stereocenters. The Labute approximate surface area is 182 Å². The number of fused-ring (bicyclic) bond motifs is 1. The van der Waals surface area contributed by atoms with Crippen molar-refractivity contribution in [3.8, 4) is 5.75 Å². The van der Waals surface area contributed by atoms with Gasteiger partial charge in [0.1, 0.15) is 17.3 Å². The van der Waals surface area contributed by atoms with Crippen LogP contribution in [0, 0.1) is 0 Å². The minimum atomic E-state index is -0.586. The maximum absolute atomic E-state index is 13.0. The van der Waals surface area contributed by atoms with Gasteiger partial charge in [-0.15, -0.1) is 0 Å². The first kappa shape index (κ1) is 20.8. The summed E-state index contributed by atoms with van der Waals surface area (Å²) in [6.07, 6.45) is 4.73. The van der Waals surface area contributed by atoms with Crippen LogP contribution in [-0.2, 0) is 9.59 Å². The highest BCUT2D eigenvalue weighted by Crippen LogP contribution is 2.26. The summed E-state index contributed by atoms with van der Waals surface area (Å²) in [6, 6.07) is 18.7. The van der Waals surface area contributed by atoms with Gasteiger partial charge in [-0.3, -0.25) is 14.6 Å². The maximum Gasteiger partial charge on any atom is 0.247 e. The molecular weight excluding hydrogens is 390 g/mol. The zero-order valence-corrected chi connectivity index (χ0v) is 17.5. The number of ether oxygens (including phenoxy) is 1. The zero-order chi connectivity index (χ0) is 21.5. The van der Waals surface area contributed by atoms with Crippen LogP contribution in [-0.4, -0.2) is 41.4 Å². The second-order valence-electron chi connectivity index (χ2n) is 7.68. The number of likely N-dealkylation sites (tertiary alicyclic amines) is 1. The first-order valence-electron chi connectivity index (χ1n) is 10.8. The molecule has 2 amide bonds. The molecule has 2 heterocycles. The van der Waals surface area contributed by atoms with E-state index in [0.29, 0.717) is 32.5 Å². The van der Waals surface area contributed by atoms with Crippen molar-refractivity contribution in [3.63, 3.8) is 0 Å². The number of nitrogens with one attached hydrogen (secondary N) is 1. The van der Waals surface area contributed by atoms with Gasteiger partial charge in [0.2, 0.25) is 11.8 Å². The van der Waals surface area contributed by atoms with E-state index < -0.39 is 6.04 Å². The van der Waals surface area contributed by atoms with Crippen molar-refractivity contribution >= 4 is 22.7 Å². The number of para-hydroxylation sites is 1. The molecular formula is C25H27N3O3. The van der Waals surface area contributed by atoms with Crippen LogP contribution in [0.1, 0.15) is 37.3 Å². The fraction of sp³-hybridized carbons (Fsp3) is 0.320. The Morgan fingerprint density at radius 3 is 2.74 bits per heavy atom. The van der Waals surface area contributed by atoms with Gasteiger partial charge < -0.3 is 15.0 Å². The number of pyridine rings is 1. The number of carbonyl (C=O) groups is 2. The lowest BCUT2D eigenvalue weighted by molar-refractivity contribution is -0.142. The van der Waals surface area contributed by atoms with E-state index >= 15 is 0 Å². The third-order valence-corrected chi connectivity index (χ3v) is 5.51. The van der Waals surface area contributed by atoms with E-state index in [9.17, 15) is 9.59 Å². The van der Waals surface area contributed by atoms with Gasteiger partial charge in [-0.25, -0.2) is 0 Å². The molecule has 1 aliphatic rings. The summed E-state index contributed by atoms with van der Waals surface area (Å²) in [7, 11) is 0. The van der Waals surface area contributed by atoms with E-state index in [1.165, 1.54) is 0 Å². The summed E-state index contributed by atoms with van der Waals surface area (Å²) >= 11 is 0. The Hall–Kier alpha value is -3.41. The second-order valence-corrected chi connectivity index (χ2v) is 7.68. The van der Waals surface area contributed by atoms with E-state index in [1.807, 2.05) is 60.7 Å². The fourth-order valence-corrected chi connectivity index (χ4v) is 3.96. The van der Waals surface area contributed by atoms with Crippen LogP contribution >= 0.6 is 0 Å². The largest absolute Gasteiger partial charge is 0.491 e. The average molecular weight is 418 g/mol. The molecule has 0 radical (unpaired) electrons. The molecule has 1 aliphatic heterocycles. The normalized spacial score (nSPS) is 15.0. The lowest BCUT2D eigenvalue weighted by Gasteiger charge is -2.34. The minimum Gasteiger partial charge on any atom is -0.491 e. The average Bonchev–Trinajstić information content (AvgIpc) is 2.81. The first-order valence-corrected chi connectivity index (χ1v) is 10.8. The molecule has 0 aliphatic carbocycles. The molecule has 3 aromatic rings. The molecule has 0 spiro atoms. The summed E-state index contributed by atoms with van der Waals surface area (Å²) in [4.78, 5) is 31.6. The smallest absolute Gasteiger partial charge is 0.247 e. The highest BCUT2D eigenvalue weighted by molar-refractivity contribution is 5.89. The molecule has 1 fully saturated rings. The number of rotatable bonds is 8. The van der Waals surface area contributed by atoms with Crippen LogP contribution in [0.2, 0.25) is 0 Å². The fourth-order valence-electron chi connectivity index (χ4n) is 3.96. The van der Waals surface area contributed by atoms with Crippen LogP contribution in [0.5, 0.6) is 5.75 Å². The van der Waals surface area contributed by atoms with E-state index in [-0.39, 0.29) is 11.8 Å². The van der Waals surface area contributed by atoms with E-state index in [1.54, 1.807) is 11.1 Å². The molecule has 160 valence electrons. The summed E-state index contributed by atoms with van der Waals surface area (Å²) in [5.41, 5.74) is 1.68. The predicted molar refractivity (Wildman–Crippen MR) is 120 cm³/mol. The zero-order valence-electron chi connectivity index (χ0n) is 17.5. The predicted octanol–water partition coefficient (Wildman–Crippen LogP) is 3.87. The maximum atomic E-state index is 13.0. The van der Waals surface area contributed by atoms with Crippen LogP contribution < -0.4 is 10.1 Å². The summed E-state index contributed by atoms with van der Waals surface area (Å²) < 4.78 is 5.90. The third kappa shape index (κ3) is 5.02. The van der Waals surface area contributed by atoms with Crippen LogP contribution in [0.15, 0.2) is 66.9 Å². The Bertz CT molecular complexity index is 1030. The number of nitrogens with zero attached hydrogens (tertiary/aromatic N) is 2. The Morgan fingerprint density at radius 1 is 1.06 bits per heavy atom. The number of benzene rings is 2. The van der Waals surface area contributed by atoms with Gasteiger partial charge in [0.25, 0.3) is 0 Å². The topological polar surface area (TPSA) is 71.5 Å². The molecule has 6 nitrogen and oxygen atoms in total. The molecule has 0 saturated carbocycles. The monoisotopic (exact) mass is 417 g/mol. The number of amides is 2. The van der Waals surface area contributed by atoms with Crippen LogP contribution in [0.4, 0.5) is 0 Å². The van der Waals surface area contributed by atoms with Gasteiger partial charge in [0, 0.05) is 31.1 Å². The van der Waals surface area contributed by atoms with Gasteiger partial charge in [-0.1, -0.05) is 48.5 Å². The Balaban J connectivity index is 1.34. The van der Waals surface area contributed by atoms with E-state index in [4.69, 9.17) is 4.74 Å². The molecule has 0 bridgehead atoms. The number of hydrogen-bond acceptors (Lipinski definition) is 4. The number of hydrogen-bond donors (Lipinski definition) is 1. The van der Waals surface area contributed by atoms with Crippen LogP contribution in [0.3, 0.4) is 0 Å². The van der Waals surface area contributed by atoms with Crippen molar-refractivity contribution in [1.29, 1.82) is 0 Å². The molecule has 1 atom stereocenters. The quantitative estimate of drug-likeness (QED) is 0.565. The summed E-state index contributed by atoms with van der Waals surface area (Å²) in [5, 5.41) is 4.03. The molecule has 1 saturated heterocycles. The third-order valence-electron chi connectivity index (χ3n) is 5.51. The first-order chi connectivity index (χ1) is 15.2. The highest BCUT2D eigenvalue weighted by atomic mass is 16.5. The number of piperidine rings is 1. The van der Waals surface area contributed by atoms with Gasteiger partial charge >= 0.3 is 0 Å². The van der Waals surface area contributed by atoms with Gasteiger partial charge in [-0.05, 0) is 37.0 Å². The highest BCUT2D eigenvalue weighted by Gasteiger charge is 2.32. The van der Waals surface area contributed by atoms with E-state index in [0.717, 1.165) is 35.1 Å². The summed E-state index contributed by atoms with van der Waals surface area (Å²) in [6.45, 7) is 1.56. The molecule has 1 aromatic heterocycles. The molecule has 1 N–H and O–H groups in total. The molecule has 31 heavy (non-hydrogen) atoms. The van der Waals surface area contributed by atoms with Gasteiger partial charge in [0.15, 0.2) is 0 Å². The standard InChI is InChI=1S/C25H27N3O3/c29-22-14-4-5-17-28(22)24(20-9-2-1-3-10-20)25(30)27-16-8-18-31-21-13-6-11-19-12-7-15-26-23(19)21/h1-3,6-7,9-13,15,24H,4-5,8,14,16-18H2,(H,27,30). The lowest BCUT2D eigenvalue weighted by atomic mass is 10.0. The molecule has 6 heteroatoms.